The van der Waals surface area contributed by atoms with Gasteiger partial charge in [0.1, 0.15) is 11.2 Å². The zero-order chi connectivity index (χ0) is 11.8. The number of nitrogens with zero attached hydrogens (tertiary/aromatic N) is 1. The molecule has 17 heavy (non-hydrogen) atoms. The Kier molecular flexibility index (Phi) is 2.73. The van der Waals surface area contributed by atoms with Crippen molar-refractivity contribution in [3.63, 3.8) is 0 Å². The summed E-state index contributed by atoms with van der Waals surface area (Å²) in [6.07, 6.45) is 0. The second-order valence-corrected chi connectivity index (χ2v) is 6.21. The molecule has 0 saturated heterocycles. The number of thiophene rings is 1. The van der Waals surface area contributed by atoms with E-state index in [1.165, 1.54) is 25.7 Å². The third-order valence-electron chi connectivity index (χ3n) is 3.01. The predicted octanol–water partition coefficient (Wildman–Crippen LogP) is 4.25. The first-order valence-corrected chi connectivity index (χ1v) is 7.46. The summed E-state index contributed by atoms with van der Waals surface area (Å²) < 4.78 is 3.77. The first-order chi connectivity index (χ1) is 8.29. The summed E-state index contributed by atoms with van der Waals surface area (Å²) in [4.78, 5) is 1.35. The Morgan fingerprint density at radius 2 is 2.12 bits per heavy atom. The number of fused-ring (bicyclic) bond motifs is 1. The van der Waals surface area contributed by atoms with Crippen LogP contribution in [0.3, 0.4) is 0 Å². The van der Waals surface area contributed by atoms with E-state index in [-0.39, 0.29) is 0 Å². The molecule has 0 N–H and O–H groups in total. The molecule has 0 fully saturated rings. The van der Waals surface area contributed by atoms with E-state index < -0.39 is 0 Å². The molecule has 3 rings (SSSR count). The second kappa shape index (κ2) is 4.24. The van der Waals surface area contributed by atoms with Crippen LogP contribution in [0.1, 0.15) is 11.9 Å². The molecular weight excluding hydrogens is 246 g/mol. The number of thiazole rings is 1. The Hall–Kier alpha value is -1.19. The predicted molar refractivity (Wildman–Crippen MR) is 75.7 cm³/mol. The van der Waals surface area contributed by atoms with Crippen molar-refractivity contribution in [2.75, 3.05) is 0 Å². The van der Waals surface area contributed by atoms with Crippen LogP contribution in [0, 0.1) is 6.92 Å². The first-order valence-electron chi connectivity index (χ1n) is 5.76. The number of hydrogen-bond acceptors (Lipinski definition) is 2. The van der Waals surface area contributed by atoms with Gasteiger partial charge >= 0.3 is 0 Å². The van der Waals surface area contributed by atoms with E-state index in [2.05, 4.69) is 54.1 Å². The highest BCUT2D eigenvalue weighted by Gasteiger charge is 2.16. The van der Waals surface area contributed by atoms with E-state index in [4.69, 9.17) is 0 Å². The van der Waals surface area contributed by atoms with Crippen molar-refractivity contribution in [2.24, 2.45) is 0 Å². The summed E-state index contributed by atoms with van der Waals surface area (Å²) in [6, 6.07) is 11.1. The van der Waals surface area contributed by atoms with Crippen LogP contribution in [0.5, 0.6) is 0 Å². The molecule has 2 aromatic heterocycles. The van der Waals surface area contributed by atoms with Crippen molar-refractivity contribution in [2.45, 2.75) is 20.4 Å². The summed E-state index contributed by atoms with van der Waals surface area (Å²) >= 11 is 3.67. The van der Waals surface area contributed by atoms with Gasteiger partial charge in [-0.15, -0.1) is 11.3 Å². The highest BCUT2D eigenvalue weighted by atomic mass is 32.1. The number of aromatic nitrogens is 1. The molecule has 0 aliphatic carbocycles. The summed E-state index contributed by atoms with van der Waals surface area (Å²) in [6.45, 7) is 5.44. The molecule has 3 heteroatoms. The van der Waals surface area contributed by atoms with Crippen LogP contribution < -0.4 is 4.57 Å². The monoisotopic (exact) mass is 260 g/mol. The van der Waals surface area contributed by atoms with Gasteiger partial charge in [0, 0.05) is 17.9 Å². The lowest BCUT2D eigenvalue weighted by Gasteiger charge is -1.96. The summed E-state index contributed by atoms with van der Waals surface area (Å²) in [7, 11) is 0. The SMILES string of the molecule is CC[n+]1c(C)sc2ccc(-c3cccs3)cc21. The van der Waals surface area contributed by atoms with Crippen LogP contribution in [-0.4, -0.2) is 0 Å². The zero-order valence-corrected chi connectivity index (χ0v) is 11.6. The van der Waals surface area contributed by atoms with Gasteiger partial charge in [-0.25, -0.2) is 0 Å². The van der Waals surface area contributed by atoms with Crippen molar-refractivity contribution in [1.29, 1.82) is 0 Å². The molecule has 0 aliphatic rings. The Morgan fingerprint density at radius 3 is 2.82 bits per heavy atom. The minimum Gasteiger partial charge on any atom is -0.186 e. The number of benzene rings is 1. The lowest BCUT2D eigenvalue weighted by atomic mass is 10.2. The van der Waals surface area contributed by atoms with Crippen LogP contribution in [-0.2, 0) is 6.54 Å². The van der Waals surface area contributed by atoms with Gasteiger partial charge in [0.2, 0.25) is 10.5 Å². The van der Waals surface area contributed by atoms with Crippen molar-refractivity contribution < 1.29 is 4.57 Å². The molecule has 0 aliphatic heterocycles. The van der Waals surface area contributed by atoms with Gasteiger partial charge in [-0.1, -0.05) is 23.5 Å². The average Bonchev–Trinajstić information content (AvgIpc) is 2.93. The van der Waals surface area contributed by atoms with Gasteiger partial charge in [0.15, 0.2) is 0 Å². The van der Waals surface area contributed by atoms with Crippen LogP contribution in [0.2, 0.25) is 0 Å². The molecule has 1 aromatic carbocycles. The van der Waals surface area contributed by atoms with Gasteiger partial charge in [-0.05, 0) is 30.0 Å². The molecule has 86 valence electrons. The Morgan fingerprint density at radius 1 is 1.24 bits per heavy atom. The van der Waals surface area contributed by atoms with E-state index in [0.717, 1.165) is 6.54 Å². The molecule has 0 spiro atoms. The Balaban J connectivity index is 2.24. The van der Waals surface area contributed by atoms with Crippen LogP contribution >= 0.6 is 22.7 Å². The molecule has 0 amide bonds. The Bertz CT molecular complexity index is 650. The number of hydrogen-bond donors (Lipinski definition) is 0. The molecule has 2 heterocycles. The van der Waals surface area contributed by atoms with Crippen LogP contribution in [0.15, 0.2) is 35.7 Å². The van der Waals surface area contributed by atoms with Gasteiger partial charge in [0.25, 0.3) is 0 Å². The van der Waals surface area contributed by atoms with E-state index in [0.29, 0.717) is 0 Å². The normalized spacial score (nSPS) is 11.2. The molecule has 0 radical (unpaired) electrons. The third kappa shape index (κ3) is 1.79. The zero-order valence-electron chi connectivity index (χ0n) is 9.93. The maximum absolute atomic E-state index is 2.39. The minimum absolute atomic E-state index is 1.04. The van der Waals surface area contributed by atoms with Gasteiger partial charge in [0.05, 0.1) is 0 Å². The minimum atomic E-state index is 1.04. The molecule has 0 saturated carbocycles. The second-order valence-electron chi connectivity index (χ2n) is 4.03. The van der Waals surface area contributed by atoms with Gasteiger partial charge in [-0.3, -0.25) is 0 Å². The van der Waals surface area contributed by atoms with E-state index >= 15 is 0 Å². The van der Waals surface area contributed by atoms with E-state index in [1.807, 2.05) is 11.3 Å². The Labute approximate surface area is 109 Å². The van der Waals surface area contributed by atoms with Crippen molar-refractivity contribution >= 4 is 32.9 Å². The fourth-order valence-corrected chi connectivity index (χ4v) is 3.98. The van der Waals surface area contributed by atoms with Crippen LogP contribution in [0.4, 0.5) is 0 Å². The number of aryl methyl sites for hydroxylation is 2. The fourth-order valence-electron chi connectivity index (χ4n) is 2.19. The average molecular weight is 260 g/mol. The summed E-state index contributed by atoms with van der Waals surface area (Å²) in [5, 5.41) is 3.51. The maximum atomic E-state index is 2.39. The van der Waals surface area contributed by atoms with Crippen molar-refractivity contribution in [3.05, 3.63) is 40.7 Å². The van der Waals surface area contributed by atoms with Gasteiger partial charge in [-0.2, -0.15) is 4.57 Å². The molecule has 3 aromatic rings. The van der Waals surface area contributed by atoms with Gasteiger partial charge < -0.3 is 0 Å². The van der Waals surface area contributed by atoms with Crippen molar-refractivity contribution in [1.82, 2.24) is 0 Å². The van der Waals surface area contributed by atoms with Crippen molar-refractivity contribution in [3.8, 4) is 10.4 Å². The smallest absolute Gasteiger partial charge is 0.186 e. The largest absolute Gasteiger partial charge is 0.235 e. The molecule has 0 unspecified atom stereocenters. The fraction of sp³-hybridized carbons (Fsp3) is 0.214. The first kappa shape index (κ1) is 10.9. The number of rotatable bonds is 2. The van der Waals surface area contributed by atoms with E-state index in [9.17, 15) is 0 Å². The molecular formula is C14H14NS2+. The summed E-state index contributed by atoms with van der Waals surface area (Å²) in [5.74, 6) is 0. The molecule has 0 bridgehead atoms. The van der Waals surface area contributed by atoms with E-state index in [1.54, 1.807) is 11.3 Å². The standard InChI is InChI=1S/C14H14NS2/c1-3-15-10(2)17-14-7-6-11(9-12(14)15)13-5-4-8-16-13/h4-9H,3H2,1-2H3/q+1. The molecule has 1 nitrogen and oxygen atoms in total. The quantitative estimate of drug-likeness (QED) is 0.607. The highest BCUT2D eigenvalue weighted by molar-refractivity contribution is 7.18. The summed E-state index contributed by atoms with van der Waals surface area (Å²) in [5.41, 5.74) is 2.69. The maximum Gasteiger partial charge on any atom is 0.235 e. The topological polar surface area (TPSA) is 3.88 Å². The van der Waals surface area contributed by atoms with Crippen LogP contribution in [0.25, 0.3) is 20.7 Å². The third-order valence-corrected chi connectivity index (χ3v) is 5.01. The molecule has 0 atom stereocenters. The lowest BCUT2D eigenvalue weighted by Crippen LogP contribution is -2.33. The highest BCUT2D eigenvalue weighted by Crippen LogP contribution is 2.29. The lowest BCUT2D eigenvalue weighted by molar-refractivity contribution is -0.669.